The number of nitrogens with one attached hydrogen (secondary N) is 2. The minimum Gasteiger partial charge on any atom is -0.494 e. The molecule has 0 aliphatic carbocycles. The van der Waals surface area contributed by atoms with Gasteiger partial charge in [0.15, 0.2) is 11.6 Å². The predicted molar refractivity (Wildman–Crippen MR) is 183 cm³/mol. The van der Waals surface area contributed by atoms with E-state index in [4.69, 9.17) is 59.9 Å². The lowest BCUT2D eigenvalue weighted by molar-refractivity contribution is -0.130. The molecular weight excluding hydrogens is 663 g/mol. The molecule has 0 unspecified atom stereocenters. The zero-order valence-corrected chi connectivity index (χ0v) is 27.3. The fourth-order valence-corrected chi connectivity index (χ4v) is 5.96. The van der Waals surface area contributed by atoms with Gasteiger partial charge >= 0.3 is 0 Å². The van der Waals surface area contributed by atoms with E-state index in [1.807, 2.05) is 36.4 Å². The van der Waals surface area contributed by atoms with Gasteiger partial charge in [0, 0.05) is 57.1 Å². The molecule has 0 saturated heterocycles. The first kappa shape index (κ1) is 34.1. The van der Waals surface area contributed by atoms with Crippen LogP contribution in [0.1, 0.15) is 40.3 Å². The highest BCUT2D eigenvalue weighted by atomic mass is 35.5. The van der Waals surface area contributed by atoms with E-state index in [1.165, 1.54) is 0 Å². The van der Waals surface area contributed by atoms with E-state index in [0.717, 1.165) is 16.7 Å². The second kappa shape index (κ2) is 16.0. The largest absolute Gasteiger partial charge is 0.494 e. The Labute approximate surface area is 286 Å². The zero-order valence-electron chi connectivity index (χ0n) is 25.1. The summed E-state index contributed by atoms with van der Waals surface area (Å²) in [6, 6.07) is 26.8. The molecule has 0 fully saturated rings. The quantitative estimate of drug-likeness (QED) is 0.0412. The van der Waals surface area contributed by atoms with Crippen molar-refractivity contribution in [2.24, 2.45) is 10.1 Å². The molecule has 3 N–H and O–H groups in total. The maximum atomic E-state index is 14.5. The minimum atomic E-state index is -1.59. The Morgan fingerprint density at radius 2 is 1.77 bits per heavy atom. The topological polar surface area (TPSA) is 141 Å². The number of nitrogens with zero attached hydrogens (tertiary/aromatic N) is 4. The van der Waals surface area contributed by atoms with Crippen LogP contribution < -0.4 is 15.6 Å². The molecule has 0 saturated carbocycles. The first-order valence-corrected chi connectivity index (χ1v) is 15.9. The van der Waals surface area contributed by atoms with Crippen LogP contribution in [0.2, 0.25) is 15.1 Å². The summed E-state index contributed by atoms with van der Waals surface area (Å²) < 4.78 is 12.3. The number of aliphatic imine (C=N–C) groups is 1. The van der Waals surface area contributed by atoms with Crippen molar-refractivity contribution in [2.45, 2.75) is 37.6 Å². The SMILES string of the molecule is [N-]=[N+]=NCc1ccccc1C[C@]1(C(=O)NNCc2cccc(Cl)c2)N=C(c2ccc(OCCCO)cc2)O[C@H]1c1ccc(Cl)cc1Cl. The molecule has 47 heavy (non-hydrogen) atoms. The molecule has 0 radical (unpaired) electrons. The third-order valence-corrected chi connectivity index (χ3v) is 8.34. The fraction of sp³-hybridized carbons (Fsp3) is 0.235. The van der Waals surface area contributed by atoms with E-state index in [9.17, 15) is 4.79 Å². The van der Waals surface area contributed by atoms with Gasteiger partial charge in [0.1, 0.15) is 5.75 Å². The zero-order chi connectivity index (χ0) is 33.2. The van der Waals surface area contributed by atoms with E-state index >= 15 is 0 Å². The summed E-state index contributed by atoms with van der Waals surface area (Å²) >= 11 is 19.2. The summed E-state index contributed by atoms with van der Waals surface area (Å²) in [6.45, 7) is 0.767. The summed E-state index contributed by atoms with van der Waals surface area (Å²) in [5.74, 6) is 0.354. The molecule has 1 aliphatic heterocycles. The van der Waals surface area contributed by atoms with Crippen LogP contribution in [0.5, 0.6) is 5.75 Å². The third kappa shape index (κ3) is 8.36. The Balaban J connectivity index is 1.58. The highest BCUT2D eigenvalue weighted by Crippen LogP contribution is 2.45. The Kier molecular flexibility index (Phi) is 11.6. The van der Waals surface area contributed by atoms with Crippen LogP contribution in [-0.2, 0) is 29.0 Å². The number of aliphatic hydroxyl groups excluding tert-OH is 1. The number of hydrogen-bond donors (Lipinski definition) is 3. The lowest BCUT2D eigenvalue weighted by atomic mass is 9.81. The van der Waals surface area contributed by atoms with Crippen molar-refractivity contribution < 1.29 is 19.4 Å². The van der Waals surface area contributed by atoms with Gasteiger partial charge in [0.25, 0.3) is 5.91 Å². The van der Waals surface area contributed by atoms with Gasteiger partial charge in [-0.1, -0.05) is 82.4 Å². The Bertz CT molecular complexity index is 1800. The number of hydrazine groups is 1. The van der Waals surface area contributed by atoms with E-state index in [0.29, 0.717) is 45.0 Å². The normalized spacial score (nSPS) is 16.9. The van der Waals surface area contributed by atoms with Gasteiger partial charge in [-0.3, -0.25) is 10.2 Å². The number of halogens is 3. The second-order valence-corrected chi connectivity index (χ2v) is 12.0. The fourth-order valence-electron chi connectivity index (χ4n) is 5.24. The number of carbonyl (C=O) groups excluding carboxylic acids is 1. The molecule has 2 atom stereocenters. The number of azide groups is 1. The number of hydrogen-bond acceptors (Lipinski definition) is 7. The molecule has 242 valence electrons. The molecule has 10 nitrogen and oxygen atoms in total. The number of benzene rings is 4. The second-order valence-electron chi connectivity index (χ2n) is 10.7. The molecule has 0 aromatic heterocycles. The van der Waals surface area contributed by atoms with E-state index < -0.39 is 17.6 Å². The maximum Gasteiger partial charge on any atom is 0.266 e. The van der Waals surface area contributed by atoms with Gasteiger partial charge in [-0.25, -0.2) is 10.4 Å². The van der Waals surface area contributed by atoms with E-state index in [2.05, 4.69) is 20.9 Å². The molecule has 4 aromatic rings. The van der Waals surface area contributed by atoms with E-state index in [-0.39, 0.29) is 32.0 Å². The van der Waals surface area contributed by atoms with Gasteiger partial charge in [0.2, 0.25) is 5.90 Å². The summed E-state index contributed by atoms with van der Waals surface area (Å²) in [7, 11) is 0. The van der Waals surface area contributed by atoms with Crippen molar-refractivity contribution in [1.82, 2.24) is 10.9 Å². The molecule has 1 aliphatic rings. The molecule has 4 aromatic carbocycles. The number of amides is 1. The average Bonchev–Trinajstić information content (AvgIpc) is 3.45. The molecular formula is C34H31Cl3N6O4. The molecule has 5 rings (SSSR count). The van der Waals surface area contributed by atoms with Crippen molar-refractivity contribution in [2.75, 3.05) is 13.2 Å². The highest BCUT2D eigenvalue weighted by molar-refractivity contribution is 6.35. The van der Waals surface area contributed by atoms with Crippen molar-refractivity contribution in [1.29, 1.82) is 0 Å². The van der Waals surface area contributed by atoms with E-state index in [1.54, 1.807) is 54.6 Å². The van der Waals surface area contributed by atoms with Crippen molar-refractivity contribution in [3.8, 4) is 5.75 Å². The molecule has 0 spiro atoms. The monoisotopic (exact) mass is 692 g/mol. The Morgan fingerprint density at radius 3 is 2.49 bits per heavy atom. The van der Waals surface area contributed by atoms with Crippen molar-refractivity contribution in [3.63, 3.8) is 0 Å². The smallest absolute Gasteiger partial charge is 0.266 e. The standard InChI is InChI=1S/C34H31Cl3N6O4/c35-26-8-3-5-22(17-26)20-39-42-33(45)34(19-24-6-1-2-7-25(24)21-40-43-38)31(29-14-11-27(36)18-30(29)37)47-32(41-34)23-9-12-28(13-10-23)46-16-4-15-44/h1-3,5-14,17-18,31,39,44H,4,15-16,19-21H2,(H,42,45)/t31-,34-/m0/s1. The lowest BCUT2D eigenvalue weighted by Crippen LogP contribution is -2.53. The van der Waals surface area contributed by atoms with Gasteiger partial charge in [-0.15, -0.1) is 0 Å². The maximum absolute atomic E-state index is 14.5. The van der Waals surface area contributed by atoms with Crippen LogP contribution in [0.3, 0.4) is 0 Å². The lowest BCUT2D eigenvalue weighted by Gasteiger charge is -2.32. The van der Waals surface area contributed by atoms with Crippen LogP contribution in [0.4, 0.5) is 0 Å². The van der Waals surface area contributed by atoms with Crippen LogP contribution in [0.15, 0.2) is 101 Å². The van der Waals surface area contributed by atoms with Gasteiger partial charge in [-0.05, 0) is 70.8 Å². The van der Waals surface area contributed by atoms with Crippen molar-refractivity contribution in [3.05, 3.63) is 144 Å². The van der Waals surface area contributed by atoms with Gasteiger partial charge in [0.05, 0.1) is 13.2 Å². The third-order valence-electron chi connectivity index (χ3n) is 7.54. The summed E-state index contributed by atoms with van der Waals surface area (Å²) in [5.41, 5.74) is 16.7. The molecule has 0 bridgehead atoms. The predicted octanol–water partition coefficient (Wildman–Crippen LogP) is 7.54. The van der Waals surface area contributed by atoms with Crippen molar-refractivity contribution >= 4 is 46.6 Å². The number of rotatable bonds is 14. The summed E-state index contributed by atoms with van der Waals surface area (Å²) in [6.07, 6.45) is -0.404. The van der Waals surface area contributed by atoms with Crippen LogP contribution in [0, 0.1) is 0 Å². The van der Waals surface area contributed by atoms with Gasteiger partial charge in [-0.2, -0.15) is 0 Å². The number of ether oxygens (including phenoxy) is 2. The van der Waals surface area contributed by atoms with Crippen LogP contribution in [-0.4, -0.2) is 35.7 Å². The minimum absolute atomic E-state index is 0.0292. The van der Waals surface area contributed by atoms with Gasteiger partial charge < -0.3 is 14.6 Å². The Hall–Kier alpha value is -4.28. The molecule has 1 amide bonds. The number of aliphatic hydroxyl groups is 1. The summed E-state index contributed by atoms with van der Waals surface area (Å²) in [5, 5.41) is 14.1. The molecule has 1 heterocycles. The number of carbonyl (C=O) groups is 1. The average molecular weight is 694 g/mol. The highest BCUT2D eigenvalue weighted by Gasteiger charge is 2.54. The Morgan fingerprint density at radius 1 is 1.00 bits per heavy atom. The molecule has 13 heteroatoms. The first-order valence-electron chi connectivity index (χ1n) is 14.7. The first-order chi connectivity index (χ1) is 22.8. The van der Waals surface area contributed by atoms with Crippen LogP contribution in [0.25, 0.3) is 10.4 Å². The van der Waals surface area contributed by atoms with Crippen LogP contribution >= 0.6 is 34.8 Å². The summed E-state index contributed by atoms with van der Waals surface area (Å²) in [4.78, 5) is 22.5.